The number of phenols is 2. The maximum atomic E-state index is 9.63. The number of aryl methyl sites for hydroxylation is 1. The van der Waals surface area contributed by atoms with Crippen LogP contribution >= 0.6 is 15.9 Å². The first-order valence-electron chi connectivity index (χ1n) is 6.27. The summed E-state index contributed by atoms with van der Waals surface area (Å²) in [5, 5.41) is 19.3. The monoisotopic (exact) mass is 332 g/mol. The van der Waals surface area contributed by atoms with Crippen molar-refractivity contribution in [3.05, 3.63) is 40.9 Å². The number of benzene rings is 2. The summed E-state index contributed by atoms with van der Waals surface area (Å²) in [6.07, 6.45) is 0. The number of hydrogen-bond donors (Lipinski definition) is 2. The van der Waals surface area contributed by atoms with Crippen molar-refractivity contribution >= 4 is 27.0 Å². The summed E-state index contributed by atoms with van der Waals surface area (Å²) in [5.74, 6) is 0.776. The molecule has 0 bridgehead atoms. The molecule has 1 heterocycles. The molecule has 1 aromatic heterocycles. The van der Waals surface area contributed by atoms with Gasteiger partial charge in [-0.1, -0.05) is 15.9 Å². The van der Waals surface area contributed by atoms with Crippen LogP contribution in [0.5, 0.6) is 11.5 Å². The maximum Gasteiger partial charge on any atom is 0.141 e. The van der Waals surface area contributed by atoms with E-state index in [4.69, 9.17) is 0 Å². The molecule has 5 heteroatoms. The van der Waals surface area contributed by atoms with E-state index in [2.05, 4.69) is 25.5 Å². The van der Waals surface area contributed by atoms with E-state index in [9.17, 15) is 10.2 Å². The van der Waals surface area contributed by atoms with Gasteiger partial charge in [-0.2, -0.15) is 0 Å². The van der Waals surface area contributed by atoms with E-state index in [1.807, 2.05) is 25.1 Å². The predicted octanol–water partition coefficient (Wildman–Crippen LogP) is 3.90. The molecule has 0 aliphatic heterocycles. The second kappa shape index (κ2) is 4.83. The second-order valence-corrected chi connectivity index (χ2v) is 5.47. The molecular weight excluding hydrogens is 320 g/mol. The summed E-state index contributed by atoms with van der Waals surface area (Å²) in [6.45, 7) is 2.79. The Labute approximate surface area is 124 Å². The van der Waals surface area contributed by atoms with Gasteiger partial charge in [-0.25, -0.2) is 4.98 Å². The third-order valence-electron chi connectivity index (χ3n) is 3.19. The van der Waals surface area contributed by atoms with Crippen LogP contribution in [0.4, 0.5) is 0 Å². The van der Waals surface area contributed by atoms with Crippen molar-refractivity contribution < 1.29 is 10.2 Å². The Morgan fingerprint density at radius 1 is 1.10 bits per heavy atom. The molecule has 0 saturated carbocycles. The van der Waals surface area contributed by atoms with Crippen molar-refractivity contribution in [2.24, 2.45) is 0 Å². The Morgan fingerprint density at radius 2 is 1.80 bits per heavy atom. The Kier molecular flexibility index (Phi) is 3.14. The first-order chi connectivity index (χ1) is 9.58. The molecular formula is C15H13BrN2O2. The minimum absolute atomic E-state index is 0.0240. The van der Waals surface area contributed by atoms with Crippen molar-refractivity contribution in [3.8, 4) is 22.9 Å². The van der Waals surface area contributed by atoms with Crippen molar-refractivity contribution in [2.75, 3.05) is 0 Å². The molecule has 4 nitrogen and oxygen atoms in total. The molecule has 2 aromatic carbocycles. The maximum absolute atomic E-state index is 9.63. The van der Waals surface area contributed by atoms with Crippen molar-refractivity contribution in [3.63, 3.8) is 0 Å². The molecule has 0 unspecified atom stereocenters. The van der Waals surface area contributed by atoms with Gasteiger partial charge in [-0.3, -0.25) is 0 Å². The van der Waals surface area contributed by atoms with E-state index < -0.39 is 0 Å². The molecule has 0 spiro atoms. The van der Waals surface area contributed by atoms with Gasteiger partial charge >= 0.3 is 0 Å². The molecule has 0 atom stereocenters. The zero-order valence-electron chi connectivity index (χ0n) is 10.8. The van der Waals surface area contributed by atoms with Crippen LogP contribution in [0.2, 0.25) is 0 Å². The molecule has 0 fully saturated rings. The number of phenolic OH excluding ortho intramolecular Hbond substituents is 2. The van der Waals surface area contributed by atoms with Crippen molar-refractivity contribution in [1.82, 2.24) is 9.55 Å². The molecule has 3 aromatic rings. The third-order valence-corrected chi connectivity index (χ3v) is 3.68. The van der Waals surface area contributed by atoms with E-state index in [1.165, 1.54) is 6.07 Å². The smallest absolute Gasteiger partial charge is 0.141 e. The van der Waals surface area contributed by atoms with Crippen LogP contribution in [-0.2, 0) is 6.54 Å². The van der Waals surface area contributed by atoms with Crippen LogP contribution in [0, 0.1) is 0 Å². The molecule has 0 amide bonds. The van der Waals surface area contributed by atoms with Crippen molar-refractivity contribution in [2.45, 2.75) is 13.5 Å². The molecule has 0 aliphatic rings. The number of imidazole rings is 1. The van der Waals surface area contributed by atoms with Crippen LogP contribution in [0.15, 0.2) is 40.9 Å². The second-order valence-electron chi connectivity index (χ2n) is 4.55. The number of fused-ring (bicyclic) bond motifs is 1. The zero-order valence-corrected chi connectivity index (χ0v) is 12.4. The summed E-state index contributed by atoms with van der Waals surface area (Å²) < 4.78 is 3.02. The first-order valence-corrected chi connectivity index (χ1v) is 7.07. The Hall–Kier alpha value is -2.01. The fraction of sp³-hybridized carbons (Fsp3) is 0.133. The quantitative estimate of drug-likeness (QED) is 0.748. The standard InChI is InChI=1S/C15H13BrN2O2/c1-2-18-14-4-3-10(16)7-13(14)17-15(18)9-5-11(19)8-12(20)6-9/h3-8,19-20H,2H2,1H3. The third kappa shape index (κ3) is 2.14. The van der Waals surface area contributed by atoms with Gasteiger partial charge in [0.25, 0.3) is 0 Å². The van der Waals surface area contributed by atoms with E-state index in [-0.39, 0.29) is 11.5 Å². The van der Waals surface area contributed by atoms with E-state index in [1.54, 1.807) is 12.1 Å². The molecule has 0 radical (unpaired) electrons. The number of hydrogen-bond acceptors (Lipinski definition) is 3. The highest BCUT2D eigenvalue weighted by Crippen LogP contribution is 2.31. The average Bonchev–Trinajstić information content (AvgIpc) is 2.75. The Balaban J connectivity index is 2.29. The van der Waals surface area contributed by atoms with Gasteiger partial charge in [0.15, 0.2) is 0 Å². The highest BCUT2D eigenvalue weighted by Gasteiger charge is 2.13. The van der Waals surface area contributed by atoms with Crippen LogP contribution in [0.25, 0.3) is 22.4 Å². The van der Waals surface area contributed by atoms with Gasteiger partial charge in [0.2, 0.25) is 0 Å². The fourth-order valence-electron chi connectivity index (χ4n) is 2.37. The summed E-state index contributed by atoms with van der Waals surface area (Å²) in [7, 11) is 0. The lowest BCUT2D eigenvalue weighted by molar-refractivity contribution is 0.451. The minimum atomic E-state index is 0.0240. The highest BCUT2D eigenvalue weighted by molar-refractivity contribution is 9.10. The van der Waals surface area contributed by atoms with Crippen LogP contribution < -0.4 is 0 Å². The highest BCUT2D eigenvalue weighted by atomic mass is 79.9. The lowest BCUT2D eigenvalue weighted by Crippen LogP contribution is -1.97. The average molecular weight is 333 g/mol. The number of aromatic nitrogens is 2. The van der Waals surface area contributed by atoms with Crippen LogP contribution in [0.1, 0.15) is 6.92 Å². The molecule has 0 saturated heterocycles. The molecule has 0 aliphatic carbocycles. The lowest BCUT2D eigenvalue weighted by Gasteiger charge is -2.07. The fourth-order valence-corrected chi connectivity index (χ4v) is 2.72. The summed E-state index contributed by atoms with van der Waals surface area (Å²) in [5.41, 5.74) is 2.59. The molecule has 2 N–H and O–H groups in total. The number of rotatable bonds is 2. The van der Waals surface area contributed by atoms with Gasteiger partial charge in [0.1, 0.15) is 17.3 Å². The van der Waals surface area contributed by atoms with Gasteiger partial charge < -0.3 is 14.8 Å². The Morgan fingerprint density at radius 3 is 2.45 bits per heavy atom. The number of halogens is 1. The Bertz CT molecular complexity index is 776. The predicted molar refractivity (Wildman–Crippen MR) is 81.9 cm³/mol. The lowest BCUT2D eigenvalue weighted by atomic mass is 10.2. The minimum Gasteiger partial charge on any atom is -0.508 e. The van der Waals surface area contributed by atoms with Gasteiger partial charge in [-0.15, -0.1) is 0 Å². The van der Waals surface area contributed by atoms with Crippen LogP contribution in [0.3, 0.4) is 0 Å². The number of nitrogens with zero attached hydrogens (tertiary/aromatic N) is 2. The van der Waals surface area contributed by atoms with E-state index in [0.717, 1.165) is 27.9 Å². The van der Waals surface area contributed by atoms with Crippen LogP contribution in [-0.4, -0.2) is 19.8 Å². The summed E-state index contributed by atoms with van der Waals surface area (Å²) in [6, 6.07) is 10.4. The van der Waals surface area contributed by atoms with E-state index in [0.29, 0.717) is 5.56 Å². The first kappa shape index (κ1) is 13.0. The summed E-state index contributed by atoms with van der Waals surface area (Å²) >= 11 is 3.44. The van der Waals surface area contributed by atoms with Gasteiger partial charge in [-0.05, 0) is 37.3 Å². The normalized spacial score (nSPS) is 11.1. The summed E-state index contributed by atoms with van der Waals surface area (Å²) in [4.78, 5) is 4.61. The van der Waals surface area contributed by atoms with Gasteiger partial charge in [0, 0.05) is 22.6 Å². The van der Waals surface area contributed by atoms with E-state index >= 15 is 0 Å². The SMILES string of the molecule is CCn1c(-c2cc(O)cc(O)c2)nc2cc(Br)ccc21. The number of aromatic hydroxyl groups is 2. The topological polar surface area (TPSA) is 58.3 Å². The van der Waals surface area contributed by atoms with Gasteiger partial charge in [0.05, 0.1) is 11.0 Å². The molecule has 3 rings (SSSR count). The van der Waals surface area contributed by atoms with Crippen molar-refractivity contribution in [1.29, 1.82) is 0 Å². The largest absolute Gasteiger partial charge is 0.508 e. The zero-order chi connectivity index (χ0) is 14.3. The molecule has 20 heavy (non-hydrogen) atoms. The molecule has 102 valence electrons.